The van der Waals surface area contributed by atoms with E-state index in [0.29, 0.717) is 6.04 Å². The topological polar surface area (TPSA) is 15.3 Å². The smallest absolute Gasteiger partial charge is 0.123 e. The SMILES string of the molecule is CC(C)N(CC1=CCCC=CN1)c1ccc(F)cc1. The second-order valence-corrected chi connectivity index (χ2v) is 5.05. The Hall–Kier alpha value is -1.77. The highest BCUT2D eigenvalue weighted by Gasteiger charge is 2.12. The first-order valence-electron chi connectivity index (χ1n) is 6.79. The van der Waals surface area contributed by atoms with E-state index in [0.717, 1.165) is 25.1 Å². The first kappa shape index (κ1) is 13.7. The molecule has 0 amide bonds. The molecule has 0 radical (unpaired) electrons. The molecule has 2 rings (SSSR count). The van der Waals surface area contributed by atoms with Crippen molar-refractivity contribution in [1.82, 2.24) is 5.32 Å². The zero-order valence-corrected chi connectivity index (χ0v) is 11.6. The average Bonchev–Trinajstić information content (AvgIpc) is 2.65. The van der Waals surface area contributed by atoms with Crippen molar-refractivity contribution in [2.75, 3.05) is 11.4 Å². The molecule has 19 heavy (non-hydrogen) atoms. The largest absolute Gasteiger partial charge is 0.364 e. The van der Waals surface area contributed by atoms with Gasteiger partial charge < -0.3 is 10.2 Å². The standard InChI is InChI=1S/C16H21FN2/c1-13(2)19(16-9-7-14(17)8-10-16)12-15-6-4-3-5-11-18-15/h5-11,13,18H,3-4,12H2,1-2H3. The lowest BCUT2D eigenvalue weighted by Gasteiger charge is -2.30. The van der Waals surface area contributed by atoms with Crippen LogP contribution < -0.4 is 10.2 Å². The fourth-order valence-corrected chi connectivity index (χ4v) is 2.16. The van der Waals surface area contributed by atoms with Gasteiger partial charge in [-0.25, -0.2) is 4.39 Å². The number of hydrogen-bond acceptors (Lipinski definition) is 2. The van der Waals surface area contributed by atoms with Crippen molar-refractivity contribution in [3.63, 3.8) is 0 Å². The molecule has 0 saturated carbocycles. The van der Waals surface area contributed by atoms with Crippen LogP contribution in [-0.2, 0) is 0 Å². The Morgan fingerprint density at radius 1 is 1.21 bits per heavy atom. The molecule has 1 heterocycles. The van der Waals surface area contributed by atoms with Crippen LogP contribution >= 0.6 is 0 Å². The molecule has 0 unspecified atom stereocenters. The van der Waals surface area contributed by atoms with Crippen LogP contribution in [0, 0.1) is 5.82 Å². The first-order chi connectivity index (χ1) is 9.16. The second-order valence-electron chi connectivity index (χ2n) is 5.05. The van der Waals surface area contributed by atoms with Crippen molar-refractivity contribution < 1.29 is 4.39 Å². The van der Waals surface area contributed by atoms with Crippen molar-refractivity contribution in [2.24, 2.45) is 0 Å². The number of nitrogens with zero attached hydrogens (tertiary/aromatic N) is 1. The maximum Gasteiger partial charge on any atom is 0.123 e. The van der Waals surface area contributed by atoms with Crippen LogP contribution in [0.2, 0.25) is 0 Å². The van der Waals surface area contributed by atoms with Crippen LogP contribution in [-0.4, -0.2) is 12.6 Å². The summed E-state index contributed by atoms with van der Waals surface area (Å²) in [5.41, 5.74) is 2.25. The molecule has 0 aromatic heterocycles. The van der Waals surface area contributed by atoms with Crippen LogP contribution in [0.15, 0.2) is 48.3 Å². The van der Waals surface area contributed by atoms with Gasteiger partial charge in [-0.05, 0) is 57.2 Å². The number of anilines is 1. The van der Waals surface area contributed by atoms with Gasteiger partial charge in [0.15, 0.2) is 0 Å². The summed E-state index contributed by atoms with van der Waals surface area (Å²) in [6, 6.07) is 7.06. The summed E-state index contributed by atoms with van der Waals surface area (Å²) in [4.78, 5) is 2.26. The molecule has 3 heteroatoms. The van der Waals surface area contributed by atoms with Gasteiger partial charge in [-0.1, -0.05) is 12.2 Å². The van der Waals surface area contributed by atoms with Crippen LogP contribution in [0.3, 0.4) is 0 Å². The first-order valence-corrected chi connectivity index (χ1v) is 6.79. The number of allylic oxidation sites excluding steroid dienone is 2. The minimum Gasteiger partial charge on any atom is -0.364 e. The van der Waals surface area contributed by atoms with Gasteiger partial charge in [0.2, 0.25) is 0 Å². The molecule has 1 aliphatic heterocycles. The Labute approximate surface area is 114 Å². The third-order valence-electron chi connectivity index (χ3n) is 3.23. The molecule has 2 nitrogen and oxygen atoms in total. The van der Waals surface area contributed by atoms with Crippen LogP contribution in [0.1, 0.15) is 26.7 Å². The van der Waals surface area contributed by atoms with Gasteiger partial charge in [-0.15, -0.1) is 0 Å². The lowest BCUT2D eigenvalue weighted by atomic mass is 10.2. The normalized spacial score (nSPS) is 14.8. The zero-order chi connectivity index (χ0) is 13.7. The minimum absolute atomic E-state index is 0.192. The predicted molar refractivity (Wildman–Crippen MR) is 78.5 cm³/mol. The molecule has 0 aliphatic carbocycles. The highest BCUT2D eigenvalue weighted by atomic mass is 19.1. The Balaban J connectivity index is 2.14. The molecular formula is C16H21FN2. The van der Waals surface area contributed by atoms with Gasteiger partial charge in [-0.3, -0.25) is 0 Å². The van der Waals surface area contributed by atoms with Gasteiger partial charge in [0.05, 0.1) is 6.54 Å². The third-order valence-corrected chi connectivity index (χ3v) is 3.23. The van der Waals surface area contributed by atoms with E-state index in [1.54, 1.807) is 0 Å². The Morgan fingerprint density at radius 2 is 1.95 bits per heavy atom. The van der Waals surface area contributed by atoms with Crippen LogP contribution in [0.25, 0.3) is 0 Å². The summed E-state index contributed by atoms with van der Waals surface area (Å²) in [6.45, 7) is 5.11. The molecule has 102 valence electrons. The van der Waals surface area contributed by atoms with E-state index in [1.807, 2.05) is 18.3 Å². The minimum atomic E-state index is -0.192. The molecular weight excluding hydrogens is 239 g/mol. The van der Waals surface area contributed by atoms with E-state index in [9.17, 15) is 4.39 Å². The quantitative estimate of drug-likeness (QED) is 0.885. The molecule has 0 saturated heterocycles. The lowest BCUT2D eigenvalue weighted by Crippen LogP contribution is -2.34. The van der Waals surface area contributed by atoms with Crippen molar-refractivity contribution in [2.45, 2.75) is 32.7 Å². The molecule has 1 aliphatic rings. The molecule has 1 aromatic rings. The van der Waals surface area contributed by atoms with Crippen molar-refractivity contribution in [1.29, 1.82) is 0 Å². The highest BCUT2D eigenvalue weighted by Crippen LogP contribution is 2.19. The summed E-state index contributed by atoms with van der Waals surface area (Å²) < 4.78 is 13.0. The Morgan fingerprint density at radius 3 is 2.63 bits per heavy atom. The van der Waals surface area contributed by atoms with E-state index in [-0.39, 0.29) is 5.82 Å². The summed E-state index contributed by atoms with van der Waals surface area (Å²) in [6.07, 6.45) is 8.52. The summed E-state index contributed by atoms with van der Waals surface area (Å²) in [7, 11) is 0. The molecule has 0 bridgehead atoms. The number of halogens is 1. The fraction of sp³-hybridized carbons (Fsp3) is 0.375. The third kappa shape index (κ3) is 3.85. The van der Waals surface area contributed by atoms with Gasteiger partial charge in [0, 0.05) is 17.4 Å². The summed E-state index contributed by atoms with van der Waals surface area (Å²) >= 11 is 0. The van der Waals surface area contributed by atoms with E-state index >= 15 is 0 Å². The number of hydrogen-bond donors (Lipinski definition) is 1. The molecule has 0 atom stereocenters. The molecule has 0 spiro atoms. The van der Waals surface area contributed by atoms with Crippen molar-refractivity contribution in [3.05, 3.63) is 54.1 Å². The average molecular weight is 260 g/mol. The molecule has 1 N–H and O–H groups in total. The second kappa shape index (κ2) is 6.41. The van der Waals surface area contributed by atoms with E-state index in [1.165, 1.54) is 17.8 Å². The maximum absolute atomic E-state index is 13.0. The zero-order valence-electron chi connectivity index (χ0n) is 11.6. The lowest BCUT2D eigenvalue weighted by molar-refractivity contribution is 0.626. The number of benzene rings is 1. The van der Waals surface area contributed by atoms with E-state index < -0.39 is 0 Å². The van der Waals surface area contributed by atoms with Gasteiger partial charge in [0.1, 0.15) is 5.82 Å². The van der Waals surface area contributed by atoms with E-state index in [4.69, 9.17) is 0 Å². The molecule has 1 aromatic carbocycles. The molecule has 0 fully saturated rings. The highest BCUT2D eigenvalue weighted by molar-refractivity contribution is 5.48. The predicted octanol–water partition coefficient (Wildman–Crippen LogP) is 3.82. The Kier molecular flexibility index (Phi) is 4.61. The van der Waals surface area contributed by atoms with Crippen molar-refractivity contribution in [3.8, 4) is 0 Å². The van der Waals surface area contributed by atoms with Gasteiger partial charge in [-0.2, -0.15) is 0 Å². The monoisotopic (exact) mass is 260 g/mol. The number of rotatable bonds is 4. The van der Waals surface area contributed by atoms with Crippen molar-refractivity contribution >= 4 is 5.69 Å². The summed E-state index contributed by atoms with van der Waals surface area (Å²) in [5.74, 6) is -0.192. The fourth-order valence-electron chi connectivity index (χ4n) is 2.16. The Bertz CT molecular complexity index is 460. The van der Waals surface area contributed by atoms with Crippen LogP contribution in [0.4, 0.5) is 10.1 Å². The van der Waals surface area contributed by atoms with Gasteiger partial charge in [0.25, 0.3) is 0 Å². The number of nitrogens with one attached hydrogen (secondary N) is 1. The summed E-state index contributed by atoms with van der Waals surface area (Å²) in [5, 5.41) is 3.31. The van der Waals surface area contributed by atoms with E-state index in [2.05, 4.69) is 36.2 Å². The van der Waals surface area contributed by atoms with Gasteiger partial charge >= 0.3 is 0 Å². The van der Waals surface area contributed by atoms with Crippen LogP contribution in [0.5, 0.6) is 0 Å². The maximum atomic E-state index is 13.0.